The molecule has 0 aliphatic heterocycles. The summed E-state index contributed by atoms with van der Waals surface area (Å²) < 4.78 is 14.7. The molecule has 0 radical (unpaired) electrons. The predicted molar refractivity (Wildman–Crippen MR) is 94.4 cm³/mol. The van der Waals surface area contributed by atoms with Crippen molar-refractivity contribution in [1.29, 1.82) is 0 Å². The monoisotopic (exact) mass is 378 g/mol. The van der Waals surface area contributed by atoms with Crippen molar-refractivity contribution >= 4 is 27.5 Å². The number of rotatable bonds is 6. The van der Waals surface area contributed by atoms with Crippen LogP contribution in [0.4, 0.5) is 10.1 Å². The Kier molecular flexibility index (Phi) is 6.16. The number of hydrogen-bond donors (Lipinski definition) is 1. The molecule has 0 heterocycles. The first kappa shape index (κ1) is 17.5. The van der Waals surface area contributed by atoms with E-state index in [2.05, 4.69) is 15.9 Å². The third-order valence-corrected chi connectivity index (χ3v) is 4.26. The molecule has 2 rings (SSSR count). The van der Waals surface area contributed by atoms with E-state index in [0.717, 1.165) is 10.0 Å². The summed E-state index contributed by atoms with van der Waals surface area (Å²) in [5.74, 6) is -0.304. The lowest BCUT2D eigenvalue weighted by atomic mass is 10.1. The molecule has 0 spiro atoms. The zero-order chi connectivity index (χ0) is 16.8. The van der Waals surface area contributed by atoms with Crippen LogP contribution in [0.15, 0.2) is 46.9 Å². The number of anilines is 1. The van der Waals surface area contributed by atoms with E-state index in [1.165, 1.54) is 6.07 Å². The molecule has 2 N–H and O–H groups in total. The van der Waals surface area contributed by atoms with Crippen LogP contribution in [0.1, 0.15) is 24.5 Å². The summed E-state index contributed by atoms with van der Waals surface area (Å²) in [6.45, 7) is 2.70. The summed E-state index contributed by atoms with van der Waals surface area (Å²) in [6.07, 6.45) is 0.945. The summed E-state index contributed by atoms with van der Waals surface area (Å²) >= 11 is 3.33. The van der Waals surface area contributed by atoms with Gasteiger partial charge in [-0.3, -0.25) is 4.79 Å². The van der Waals surface area contributed by atoms with Gasteiger partial charge in [0.1, 0.15) is 5.82 Å². The third kappa shape index (κ3) is 4.79. The number of halogens is 2. The zero-order valence-corrected chi connectivity index (χ0v) is 14.6. The number of nitrogens with two attached hydrogens (primary N) is 1. The van der Waals surface area contributed by atoms with Crippen LogP contribution in [0.2, 0.25) is 0 Å². The number of nitrogen functional groups attached to an aromatic ring is 1. The maximum absolute atomic E-state index is 13.9. The first-order chi connectivity index (χ1) is 11.0. The molecule has 3 nitrogen and oxygen atoms in total. The highest BCUT2D eigenvalue weighted by molar-refractivity contribution is 9.10. The molecule has 2 aromatic rings. The standard InChI is InChI=1S/C18H20BrFN2O/c1-2-22(12-14-11-15(19)8-9-16(14)20)18(23)10-7-13-5-3-4-6-17(13)21/h3-6,8-9,11H,2,7,10,12,21H2,1H3. The third-order valence-electron chi connectivity index (χ3n) is 3.77. The Morgan fingerprint density at radius 1 is 1.22 bits per heavy atom. The number of hydrogen-bond acceptors (Lipinski definition) is 2. The van der Waals surface area contributed by atoms with Gasteiger partial charge in [-0.2, -0.15) is 0 Å². The van der Waals surface area contributed by atoms with Crippen LogP contribution in [0, 0.1) is 5.82 Å². The van der Waals surface area contributed by atoms with Crippen LogP contribution >= 0.6 is 15.9 Å². The van der Waals surface area contributed by atoms with Crippen molar-refractivity contribution in [2.24, 2.45) is 0 Å². The molecule has 0 saturated heterocycles. The van der Waals surface area contributed by atoms with Gasteiger partial charge in [0.15, 0.2) is 0 Å². The van der Waals surface area contributed by atoms with Crippen molar-refractivity contribution in [3.63, 3.8) is 0 Å². The van der Waals surface area contributed by atoms with E-state index in [-0.39, 0.29) is 18.3 Å². The number of carbonyl (C=O) groups excluding carboxylic acids is 1. The van der Waals surface area contributed by atoms with Gasteiger partial charge in [0, 0.05) is 35.2 Å². The van der Waals surface area contributed by atoms with E-state index >= 15 is 0 Å². The lowest BCUT2D eigenvalue weighted by Crippen LogP contribution is -2.30. The highest BCUT2D eigenvalue weighted by Crippen LogP contribution is 2.18. The van der Waals surface area contributed by atoms with Crippen molar-refractivity contribution in [3.05, 3.63) is 63.9 Å². The Morgan fingerprint density at radius 3 is 2.65 bits per heavy atom. The number of nitrogens with zero attached hydrogens (tertiary/aromatic N) is 1. The average molecular weight is 379 g/mol. The largest absolute Gasteiger partial charge is 0.399 e. The molecule has 0 bridgehead atoms. The van der Waals surface area contributed by atoms with Crippen LogP contribution in [0.25, 0.3) is 0 Å². The molecular weight excluding hydrogens is 359 g/mol. The Hall–Kier alpha value is -1.88. The van der Waals surface area contributed by atoms with E-state index in [0.29, 0.717) is 30.6 Å². The molecule has 0 aliphatic carbocycles. The molecule has 1 amide bonds. The number of para-hydroxylation sites is 1. The maximum atomic E-state index is 13.9. The predicted octanol–water partition coefficient (Wildman–Crippen LogP) is 4.15. The topological polar surface area (TPSA) is 46.3 Å². The Labute approximate surface area is 144 Å². The second-order valence-electron chi connectivity index (χ2n) is 5.34. The second-order valence-corrected chi connectivity index (χ2v) is 6.26. The van der Waals surface area contributed by atoms with E-state index < -0.39 is 0 Å². The normalized spacial score (nSPS) is 10.6. The first-order valence-corrected chi connectivity index (χ1v) is 8.35. The Balaban J connectivity index is 2.01. The van der Waals surface area contributed by atoms with Crippen molar-refractivity contribution in [3.8, 4) is 0 Å². The van der Waals surface area contributed by atoms with Crippen molar-refractivity contribution in [2.75, 3.05) is 12.3 Å². The summed E-state index contributed by atoms with van der Waals surface area (Å²) in [7, 11) is 0. The van der Waals surface area contributed by atoms with E-state index in [9.17, 15) is 9.18 Å². The van der Waals surface area contributed by atoms with Gasteiger partial charge in [0.2, 0.25) is 5.91 Å². The minimum absolute atomic E-state index is 0.00451. The molecule has 0 unspecified atom stereocenters. The molecular formula is C18H20BrFN2O. The summed E-state index contributed by atoms with van der Waals surface area (Å²) in [4.78, 5) is 14.1. The Bertz CT molecular complexity index is 690. The number of benzene rings is 2. The van der Waals surface area contributed by atoms with Gasteiger partial charge in [-0.1, -0.05) is 34.1 Å². The summed E-state index contributed by atoms with van der Waals surface area (Å²) in [5.41, 5.74) is 8.06. The fourth-order valence-electron chi connectivity index (χ4n) is 2.41. The fraction of sp³-hybridized carbons (Fsp3) is 0.278. The van der Waals surface area contributed by atoms with Crippen molar-refractivity contribution in [2.45, 2.75) is 26.3 Å². The van der Waals surface area contributed by atoms with Crippen LogP contribution < -0.4 is 5.73 Å². The second kappa shape index (κ2) is 8.11. The molecule has 0 saturated carbocycles. The van der Waals surface area contributed by atoms with Gasteiger partial charge >= 0.3 is 0 Å². The van der Waals surface area contributed by atoms with Crippen molar-refractivity contribution < 1.29 is 9.18 Å². The molecule has 0 aromatic heterocycles. The van der Waals surface area contributed by atoms with Gasteiger partial charge < -0.3 is 10.6 Å². The average Bonchev–Trinajstić information content (AvgIpc) is 2.54. The van der Waals surface area contributed by atoms with Crippen molar-refractivity contribution in [1.82, 2.24) is 4.90 Å². The highest BCUT2D eigenvalue weighted by atomic mass is 79.9. The van der Waals surface area contributed by atoms with Gasteiger partial charge in [0.05, 0.1) is 0 Å². The lowest BCUT2D eigenvalue weighted by molar-refractivity contribution is -0.131. The summed E-state index contributed by atoms with van der Waals surface area (Å²) in [5, 5.41) is 0. The highest BCUT2D eigenvalue weighted by Gasteiger charge is 2.15. The van der Waals surface area contributed by atoms with Gasteiger partial charge in [-0.15, -0.1) is 0 Å². The number of carbonyl (C=O) groups is 1. The molecule has 0 fully saturated rings. The SMILES string of the molecule is CCN(Cc1cc(Br)ccc1F)C(=O)CCc1ccccc1N. The molecule has 0 aliphatic rings. The maximum Gasteiger partial charge on any atom is 0.223 e. The lowest BCUT2D eigenvalue weighted by Gasteiger charge is -2.21. The van der Waals surface area contributed by atoms with Gasteiger partial charge in [0.25, 0.3) is 0 Å². The zero-order valence-electron chi connectivity index (χ0n) is 13.1. The molecule has 2 aromatic carbocycles. The van der Waals surface area contributed by atoms with E-state index in [1.54, 1.807) is 17.0 Å². The minimum atomic E-state index is -0.299. The van der Waals surface area contributed by atoms with Crippen LogP contribution in [-0.2, 0) is 17.8 Å². The van der Waals surface area contributed by atoms with Crippen LogP contribution in [0.3, 0.4) is 0 Å². The minimum Gasteiger partial charge on any atom is -0.399 e. The fourth-order valence-corrected chi connectivity index (χ4v) is 2.82. The Morgan fingerprint density at radius 2 is 1.96 bits per heavy atom. The number of amides is 1. The van der Waals surface area contributed by atoms with E-state index in [1.807, 2.05) is 31.2 Å². The molecule has 5 heteroatoms. The van der Waals surface area contributed by atoms with Gasteiger partial charge in [-0.05, 0) is 43.2 Å². The molecule has 0 atom stereocenters. The van der Waals surface area contributed by atoms with E-state index in [4.69, 9.17) is 5.73 Å². The molecule has 23 heavy (non-hydrogen) atoms. The molecule has 122 valence electrons. The first-order valence-electron chi connectivity index (χ1n) is 7.56. The quantitative estimate of drug-likeness (QED) is 0.767. The number of aryl methyl sites for hydroxylation is 1. The summed E-state index contributed by atoms with van der Waals surface area (Å²) in [6, 6.07) is 12.3. The van der Waals surface area contributed by atoms with Crippen LogP contribution in [0.5, 0.6) is 0 Å². The van der Waals surface area contributed by atoms with Crippen LogP contribution in [-0.4, -0.2) is 17.4 Å². The van der Waals surface area contributed by atoms with Gasteiger partial charge in [-0.25, -0.2) is 4.39 Å². The smallest absolute Gasteiger partial charge is 0.223 e.